The Morgan fingerprint density at radius 2 is 1.33 bits per heavy atom. The fraction of sp³-hybridized carbons (Fsp3) is 0.933. The van der Waals surface area contributed by atoms with Gasteiger partial charge in [0.25, 0.3) is 0 Å². The fourth-order valence-electron chi connectivity index (χ4n) is 3.37. The van der Waals surface area contributed by atoms with Crippen LogP contribution in [0.3, 0.4) is 0 Å². The zero-order chi connectivity index (χ0) is 10.5. The molecule has 0 atom stereocenters. The van der Waals surface area contributed by atoms with Gasteiger partial charge in [0, 0.05) is 0 Å². The van der Waals surface area contributed by atoms with Gasteiger partial charge in [0.15, 0.2) is 0 Å². The summed E-state index contributed by atoms with van der Waals surface area (Å²) in [5.41, 5.74) is 0. The summed E-state index contributed by atoms with van der Waals surface area (Å²) in [7, 11) is 0. The highest BCUT2D eigenvalue weighted by atomic mass is 14.3. The van der Waals surface area contributed by atoms with E-state index in [1.807, 2.05) is 0 Å². The van der Waals surface area contributed by atoms with Gasteiger partial charge in [-0.1, -0.05) is 58.3 Å². The molecule has 87 valence electrons. The second kappa shape index (κ2) is 5.92. The van der Waals surface area contributed by atoms with E-state index in [4.69, 9.17) is 0 Å². The van der Waals surface area contributed by atoms with Gasteiger partial charge in [-0.2, -0.15) is 0 Å². The third-order valence-electron chi connectivity index (χ3n) is 4.68. The molecule has 15 heavy (non-hydrogen) atoms. The SMILES string of the molecule is C[C@H]1CC[C@H](CCC2CC[CH]CC2)CC1. The summed E-state index contributed by atoms with van der Waals surface area (Å²) < 4.78 is 0. The second-order valence-electron chi connectivity index (χ2n) is 6.01. The lowest BCUT2D eigenvalue weighted by molar-refractivity contribution is 0.250. The van der Waals surface area contributed by atoms with E-state index in [1.54, 1.807) is 0 Å². The minimum atomic E-state index is 1.02. The summed E-state index contributed by atoms with van der Waals surface area (Å²) in [6, 6.07) is 0. The molecule has 0 heterocycles. The van der Waals surface area contributed by atoms with Gasteiger partial charge in [-0.15, -0.1) is 0 Å². The Bertz CT molecular complexity index is 159. The molecule has 0 amide bonds. The van der Waals surface area contributed by atoms with Crippen molar-refractivity contribution >= 4 is 0 Å². The van der Waals surface area contributed by atoms with Crippen LogP contribution in [0.5, 0.6) is 0 Å². The molecule has 0 aromatic rings. The first-order valence-corrected chi connectivity index (χ1v) is 7.16. The van der Waals surface area contributed by atoms with E-state index in [2.05, 4.69) is 13.3 Å². The lowest BCUT2D eigenvalue weighted by atomic mass is 9.78. The van der Waals surface area contributed by atoms with Crippen molar-refractivity contribution in [3.63, 3.8) is 0 Å². The lowest BCUT2D eigenvalue weighted by Crippen LogP contribution is -2.14. The van der Waals surface area contributed by atoms with E-state index in [-0.39, 0.29) is 0 Å². The van der Waals surface area contributed by atoms with Crippen molar-refractivity contribution in [2.24, 2.45) is 17.8 Å². The van der Waals surface area contributed by atoms with Crippen LogP contribution in [-0.2, 0) is 0 Å². The van der Waals surface area contributed by atoms with E-state index in [0.29, 0.717) is 0 Å². The van der Waals surface area contributed by atoms with Gasteiger partial charge in [0.2, 0.25) is 0 Å². The molecule has 0 heteroatoms. The second-order valence-corrected chi connectivity index (χ2v) is 6.01. The van der Waals surface area contributed by atoms with Crippen LogP contribution in [0, 0.1) is 24.2 Å². The van der Waals surface area contributed by atoms with Crippen LogP contribution >= 0.6 is 0 Å². The van der Waals surface area contributed by atoms with Crippen molar-refractivity contribution in [3.8, 4) is 0 Å². The molecule has 0 spiro atoms. The average molecular weight is 207 g/mol. The van der Waals surface area contributed by atoms with Crippen molar-refractivity contribution in [3.05, 3.63) is 6.42 Å². The van der Waals surface area contributed by atoms with Crippen molar-refractivity contribution < 1.29 is 0 Å². The molecular formula is C15H27. The van der Waals surface area contributed by atoms with Gasteiger partial charge in [0.1, 0.15) is 0 Å². The minimum absolute atomic E-state index is 1.02. The molecule has 0 saturated heterocycles. The quantitative estimate of drug-likeness (QED) is 0.612. The maximum Gasteiger partial charge on any atom is -0.0386 e. The van der Waals surface area contributed by atoms with Gasteiger partial charge in [-0.3, -0.25) is 0 Å². The Morgan fingerprint density at radius 1 is 0.800 bits per heavy atom. The molecule has 0 unspecified atom stereocenters. The molecule has 0 nitrogen and oxygen atoms in total. The normalized spacial score (nSPS) is 34.2. The zero-order valence-corrected chi connectivity index (χ0v) is 10.4. The molecule has 0 aliphatic heterocycles. The minimum Gasteiger partial charge on any atom is -0.0625 e. The maximum atomic E-state index is 2.48. The first kappa shape index (κ1) is 11.5. The smallest absolute Gasteiger partial charge is 0.0386 e. The van der Waals surface area contributed by atoms with Crippen LogP contribution in [0.4, 0.5) is 0 Å². The fourth-order valence-corrected chi connectivity index (χ4v) is 3.37. The lowest BCUT2D eigenvalue weighted by Gasteiger charge is -2.28. The van der Waals surface area contributed by atoms with E-state index in [1.165, 1.54) is 64.2 Å². The molecule has 2 saturated carbocycles. The molecule has 2 aliphatic carbocycles. The highest BCUT2D eigenvalue weighted by Crippen LogP contribution is 2.34. The summed E-state index contributed by atoms with van der Waals surface area (Å²) in [5.74, 6) is 3.19. The van der Waals surface area contributed by atoms with Crippen molar-refractivity contribution in [1.29, 1.82) is 0 Å². The third kappa shape index (κ3) is 3.81. The van der Waals surface area contributed by atoms with Crippen LogP contribution in [0.1, 0.15) is 71.1 Å². The van der Waals surface area contributed by atoms with Gasteiger partial charge >= 0.3 is 0 Å². The van der Waals surface area contributed by atoms with Crippen molar-refractivity contribution in [1.82, 2.24) is 0 Å². The molecule has 2 fully saturated rings. The van der Waals surface area contributed by atoms with Gasteiger partial charge in [-0.25, -0.2) is 0 Å². The number of hydrogen-bond donors (Lipinski definition) is 0. The van der Waals surface area contributed by atoms with E-state index < -0.39 is 0 Å². The zero-order valence-electron chi connectivity index (χ0n) is 10.4. The van der Waals surface area contributed by atoms with Gasteiger partial charge < -0.3 is 0 Å². The Morgan fingerprint density at radius 3 is 1.93 bits per heavy atom. The van der Waals surface area contributed by atoms with Crippen LogP contribution < -0.4 is 0 Å². The summed E-state index contributed by atoms with van der Waals surface area (Å²) >= 11 is 0. The molecule has 0 aromatic heterocycles. The molecule has 2 rings (SSSR count). The Kier molecular flexibility index (Phi) is 4.53. The Labute approximate surface area is 95.8 Å². The van der Waals surface area contributed by atoms with Crippen LogP contribution in [0.15, 0.2) is 0 Å². The molecule has 2 aliphatic rings. The topological polar surface area (TPSA) is 0 Å². The summed E-state index contributed by atoms with van der Waals surface area (Å²) in [6.07, 6.45) is 17.4. The molecule has 0 aromatic carbocycles. The van der Waals surface area contributed by atoms with E-state index >= 15 is 0 Å². The summed E-state index contributed by atoms with van der Waals surface area (Å²) in [5, 5.41) is 0. The first-order chi connectivity index (χ1) is 7.34. The molecular weight excluding hydrogens is 180 g/mol. The Balaban J connectivity index is 1.60. The monoisotopic (exact) mass is 207 g/mol. The molecule has 1 radical (unpaired) electrons. The maximum absolute atomic E-state index is 2.48. The van der Waals surface area contributed by atoms with Crippen LogP contribution in [0.25, 0.3) is 0 Å². The third-order valence-corrected chi connectivity index (χ3v) is 4.68. The average Bonchev–Trinajstić information content (AvgIpc) is 2.30. The largest absolute Gasteiger partial charge is 0.0625 e. The highest BCUT2D eigenvalue weighted by molar-refractivity contribution is 4.78. The van der Waals surface area contributed by atoms with Crippen molar-refractivity contribution in [2.75, 3.05) is 0 Å². The Hall–Kier alpha value is 0. The number of rotatable bonds is 3. The molecule has 0 bridgehead atoms. The van der Waals surface area contributed by atoms with Crippen LogP contribution in [0.2, 0.25) is 0 Å². The van der Waals surface area contributed by atoms with Crippen molar-refractivity contribution in [2.45, 2.75) is 71.1 Å². The summed E-state index contributed by atoms with van der Waals surface area (Å²) in [4.78, 5) is 0. The predicted octanol–water partition coefficient (Wildman–Crippen LogP) is 4.99. The summed E-state index contributed by atoms with van der Waals surface area (Å²) in [6.45, 7) is 2.42. The molecule has 0 N–H and O–H groups in total. The van der Waals surface area contributed by atoms with E-state index in [9.17, 15) is 0 Å². The number of hydrogen-bond acceptors (Lipinski definition) is 0. The van der Waals surface area contributed by atoms with E-state index in [0.717, 1.165) is 17.8 Å². The standard InChI is InChI=1S/C15H27/c1-13-7-9-15(10-8-13)12-11-14-5-3-2-4-6-14/h2,13-15H,3-12H2,1H3/t13-,15-. The first-order valence-electron chi connectivity index (χ1n) is 7.16. The van der Waals surface area contributed by atoms with Gasteiger partial charge in [-0.05, 0) is 37.0 Å². The highest BCUT2D eigenvalue weighted by Gasteiger charge is 2.20. The van der Waals surface area contributed by atoms with Crippen LogP contribution in [-0.4, -0.2) is 0 Å². The van der Waals surface area contributed by atoms with Gasteiger partial charge in [0.05, 0.1) is 0 Å². The predicted molar refractivity (Wildman–Crippen MR) is 66.6 cm³/mol.